The molecule has 2 amide bonds. The van der Waals surface area contributed by atoms with Crippen LogP contribution in [-0.4, -0.2) is 46.9 Å². The Morgan fingerprint density at radius 3 is 2.86 bits per heavy atom. The number of carboxylic acids is 1. The van der Waals surface area contributed by atoms with E-state index in [0.717, 1.165) is 11.0 Å². The molecule has 2 N–H and O–H groups in total. The van der Waals surface area contributed by atoms with Gasteiger partial charge in [0, 0.05) is 17.6 Å². The smallest absolute Gasteiger partial charge is 0.305 e. The Bertz CT molecular complexity index is 608. The third-order valence-electron chi connectivity index (χ3n) is 3.12. The Labute approximate surface area is 128 Å². The topological polar surface area (TPSA) is 86.7 Å². The van der Waals surface area contributed by atoms with Crippen LogP contribution in [0.2, 0.25) is 0 Å². The van der Waals surface area contributed by atoms with Crippen molar-refractivity contribution in [3.63, 3.8) is 0 Å². The van der Waals surface area contributed by atoms with E-state index >= 15 is 0 Å². The summed E-state index contributed by atoms with van der Waals surface area (Å²) in [6, 6.07) is 2.75. The quantitative estimate of drug-likeness (QED) is 0.843. The highest BCUT2D eigenvalue weighted by Gasteiger charge is 2.35. The van der Waals surface area contributed by atoms with Crippen LogP contribution in [0.25, 0.3) is 0 Å². The summed E-state index contributed by atoms with van der Waals surface area (Å²) in [4.78, 5) is 36.1. The molecule has 1 aliphatic heterocycles. The number of benzene rings is 1. The lowest BCUT2D eigenvalue weighted by Gasteiger charge is -2.34. The van der Waals surface area contributed by atoms with Crippen molar-refractivity contribution in [2.24, 2.45) is 0 Å². The predicted molar refractivity (Wildman–Crippen MR) is 74.2 cm³/mol. The number of amides is 2. The SMILES string of the molecule is O=C(O)CC1C(=O)NCCN1C(=O)c1cc(Br)ccc1F. The maximum Gasteiger partial charge on any atom is 0.305 e. The Kier molecular flexibility index (Phi) is 4.56. The van der Waals surface area contributed by atoms with Gasteiger partial charge in [0.25, 0.3) is 5.91 Å². The molecule has 2 rings (SSSR count). The van der Waals surface area contributed by atoms with Crippen LogP contribution in [0.1, 0.15) is 16.8 Å². The second-order valence-electron chi connectivity index (χ2n) is 4.53. The summed E-state index contributed by atoms with van der Waals surface area (Å²) in [5, 5.41) is 11.4. The number of nitrogens with zero attached hydrogens (tertiary/aromatic N) is 1. The van der Waals surface area contributed by atoms with Gasteiger partial charge in [-0.05, 0) is 18.2 Å². The van der Waals surface area contributed by atoms with Gasteiger partial charge in [0.15, 0.2) is 0 Å². The first-order valence-corrected chi connectivity index (χ1v) is 6.95. The van der Waals surface area contributed by atoms with Crippen LogP contribution >= 0.6 is 15.9 Å². The average Bonchev–Trinajstić information content (AvgIpc) is 2.42. The number of carbonyl (C=O) groups excluding carboxylic acids is 2. The Hall–Kier alpha value is -1.96. The molecule has 112 valence electrons. The van der Waals surface area contributed by atoms with Gasteiger partial charge in [0.2, 0.25) is 5.91 Å². The summed E-state index contributed by atoms with van der Waals surface area (Å²) in [6.45, 7) is 0.338. The lowest BCUT2D eigenvalue weighted by atomic mass is 10.1. The molecule has 1 fully saturated rings. The minimum Gasteiger partial charge on any atom is -0.481 e. The number of carboxylic acid groups (broad SMARTS) is 1. The highest BCUT2D eigenvalue weighted by molar-refractivity contribution is 9.10. The lowest BCUT2D eigenvalue weighted by Crippen LogP contribution is -2.57. The van der Waals surface area contributed by atoms with Crippen molar-refractivity contribution in [2.75, 3.05) is 13.1 Å². The summed E-state index contributed by atoms with van der Waals surface area (Å²) < 4.78 is 14.3. The van der Waals surface area contributed by atoms with E-state index in [0.29, 0.717) is 4.47 Å². The van der Waals surface area contributed by atoms with Crippen molar-refractivity contribution < 1.29 is 23.9 Å². The van der Waals surface area contributed by atoms with Gasteiger partial charge in [-0.2, -0.15) is 0 Å². The zero-order valence-corrected chi connectivity index (χ0v) is 12.4. The van der Waals surface area contributed by atoms with E-state index in [9.17, 15) is 18.8 Å². The van der Waals surface area contributed by atoms with Gasteiger partial charge in [0.1, 0.15) is 11.9 Å². The number of halogens is 2. The van der Waals surface area contributed by atoms with E-state index in [-0.39, 0.29) is 18.7 Å². The van der Waals surface area contributed by atoms with Crippen LogP contribution in [0.4, 0.5) is 4.39 Å². The fourth-order valence-corrected chi connectivity index (χ4v) is 2.50. The predicted octanol–water partition coefficient (Wildman–Crippen LogP) is 1.00. The average molecular weight is 359 g/mol. The molecular weight excluding hydrogens is 347 g/mol. The van der Waals surface area contributed by atoms with E-state index in [1.54, 1.807) is 0 Å². The molecule has 1 aromatic carbocycles. The molecule has 1 atom stereocenters. The van der Waals surface area contributed by atoms with E-state index in [1.807, 2.05) is 0 Å². The molecule has 1 saturated heterocycles. The second kappa shape index (κ2) is 6.21. The summed E-state index contributed by atoms with van der Waals surface area (Å²) in [6.07, 6.45) is -0.521. The molecule has 0 saturated carbocycles. The van der Waals surface area contributed by atoms with Crippen molar-refractivity contribution in [1.29, 1.82) is 0 Å². The number of rotatable bonds is 3. The first-order valence-electron chi connectivity index (χ1n) is 6.15. The van der Waals surface area contributed by atoms with Crippen molar-refractivity contribution in [1.82, 2.24) is 10.2 Å². The van der Waals surface area contributed by atoms with E-state index in [2.05, 4.69) is 21.2 Å². The van der Waals surface area contributed by atoms with Gasteiger partial charge in [0.05, 0.1) is 12.0 Å². The van der Waals surface area contributed by atoms with Crippen LogP contribution in [0.15, 0.2) is 22.7 Å². The number of nitrogens with one attached hydrogen (secondary N) is 1. The minimum atomic E-state index is -1.20. The number of hydrogen-bond acceptors (Lipinski definition) is 3. The summed E-state index contributed by atoms with van der Waals surface area (Å²) >= 11 is 3.15. The standard InChI is InChI=1S/C13H12BrFN2O4/c14-7-1-2-9(15)8(5-7)13(21)17-4-3-16-12(20)10(17)6-11(18)19/h1-2,5,10H,3-4,6H2,(H,16,20)(H,18,19). The van der Waals surface area contributed by atoms with Gasteiger partial charge in [-0.3, -0.25) is 14.4 Å². The molecular formula is C13H12BrFN2O4. The maximum absolute atomic E-state index is 13.8. The normalized spacial score (nSPS) is 18.3. The van der Waals surface area contributed by atoms with E-state index in [1.165, 1.54) is 12.1 Å². The van der Waals surface area contributed by atoms with Crippen molar-refractivity contribution >= 4 is 33.7 Å². The molecule has 1 aromatic rings. The summed E-state index contributed by atoms with van der Waals surface area (Å²) in [7, 11) is 0. The first-order chi connectivity index (χ1) is 9.90. The van der Waals surface area contributed by atoms with Gasteiger partial charge in [-0.25, -0.2) is 4.39 Å². The molecule has 0 aromatic heterocycles. The number of hydrogen-bond donors (Lipinski definition) is 2. The maximum atomic E-state index is 13.8. The first kappa shape index (κ1) is 15.4. The fourth-order valence-electron chi connectivity index (χ4n) is 2.14. The summed E-state index contributed by atoms with van der Waals surface area (Å²) in [5.74, 6) is -3.17. The molecule has 0 spiro atoms. The van der Waals surface area contributed by atoms with Crippen molar-refractivity contribution in [3.05, 3.63) is 34.1 Å². The van der Waals surface area contributed by atoms with E-state index in [4.69, 9.17) is 5.11 Å². The number of carbonyl (C=O) groups is 3. The van der Waals surface area contributed by atoms with Crippen molar-refractivity contribution in [3.8, 4) is 0 Å². The molecule has 1 unspecified atom stereocenters. The van der Waals surface area contributed by atoms with Gasteiger partial charge >= 0.3 is 5.97 Å². The van der Waals surface area contributed by atoms with Crippen LogP contribution in [0.3, 0.4) is 0 Å². The van der Waals surface area contributed by atoms with Gasteiger partial charge < -0.3 is 15.3 Å². The highest BCUT2D eigenvalue weighted by atomic mass is 79.9. The monoisotopic (exact) mass is 358 g/mol. The Morgan fingerprint density at radius 1 is 1.48 bits per heavy atom. The minimum absolute atomic E-state index is 0.133. The molecule has 0 aliphatic carbocycles. The van der Waals surface area contributed by atoms with Crippen LogP contribution in [0.5, 0.6) is 0 Å². The third kappa shape index (κ3) is 3.38. The van der Waals surface area contributed by atoms with Crippen LogP contribution in [0, 0.1) is 5.82 Å². The van der Waals surface area contributed by atoms with E-state index < -0.39 is 36.1 Å². The van der Waals surface area contributed by atoms with Crippen LogP contribution < -0.4 is 5.32 Å². The Morgan fingerprint density at radius 2 is 2.19 bits per heavy atom. The highest BCUT2D eigenvalue weighted by Crippen LogP contribution is 2.20. The molecule has 0 bridgehead atoms. The largest absolute Gasteiger partial charge is 0.481 e. The Balaban J connectivity index is 2.32. The van der Waals surface area contributed by atoms with Crippen LogP contribution in [-0.2, 0) is 9.59 Å². The fraction of sp³-hybridized carbons (Fsp3) is 0.308. The molecule has 1 heterocycles. The second-order valence-corrected chi connectivity index (χ2v) is 5.44. The third-order valence-corrected chi connectivity index (χ3v) is 3.61. The zero-order valence-electron chi connectivity index (χ0n) is 10.8. The lowest BCUT2D eigenvalue weighted by molar-refractivity contribution is -0.142. The number of piperazine rings is 1. The molecule has 6 nitrogen and oxygen atoms in total. The molecule has 21 heavy (non-hydrogen) atoms. The number of aliphatic carboxylic acids is 1. The molecule has 1 aliphatic rings. The van der Waals surface area contributed by atoms with Gasteiger partial charge in [-0.1, -0.05) is 15.9 Å². The summed E-state index contributed by atoms with van der Waals surface area (Å²) in [5.41, 5.74) is -0.200. The molecule has 0 radical (unpaired) electrons. The van der Waals surface area contributed by atoms with Crippen molar-refractivity contribution in [2.45, 2.75) is 12.5 Å². The van der Waals surface area contributed by atoms with Gasteiger partial charge in [-0.15, -0.1) is 0 Å². The molecule has 8 heteroatoms. The zero-order chi connectivity index (χ0) is 15.6.